The quantitative estimate of drug-likeness (QED) is 0.417. The van der Waals surface area contributed by atoms with Crippen LogP contribution in [-0.2, 0) is 0 Å². The molecule has 0 radical (unpaired) electrons. The van der Waals surface area contributed by atoms with Gasteiger partial charge in [0, 0.05) is 6.04 Å². The van der Waals surface area contributed by atoms with Gasteiger partial charge in [0.25, 0.3) is 0 Å². The van der Waals surface area contributed by atoms with E-state index in [1.54, 1.807) is 6.92 Å². The highest BCUT2D eigenvalue weighted by Gasteiger charge is 2.03. The molecule has 0 heterocycles. The van der Waals surface area contributed by atoms with Crippen molar-refractivity contribution in [2.24, 2.45) is 0 Å². The average molecular weight is 229 g/mol. The second-order valence-corrected chi connectivity index (χ2v) is 5.01. The average Bonchev–Trinajstić information content (AvgIpc) is 2.21. The number of hydrogen-bond acceptors (Lipinski definition) is 2. The lowest BCUT2D eigenvalue weighted by atomic mass is 10.1. The fourth-order valence-electron chi connectivity index (χ4n) is 2.08. The van der Waals surface area contributed by atoms with Crippen molar-refractivity contribution in [1.82, 2.24) is 5.32 Å². The van der Waals surface area contributed by atoms with Crippen LogP contribution in [0.4, 0.5) is 0 Å². The van der Waals surface area contributed by atoms with E-state index in [9.17, 15) is 0 Å². The van der Waals surface area contributed by atoms with Gasteiger partial charge in [0.1, 0.15) is 6.23 Å². The first-order valence-electron chi connectivity index (χ1n) is 7.11. The fraction of sp³-hybridized carbons (Fsp3) is 1.00. The Hall–Kier alpha value is -0.0800. The van der Waals surface area contributed by atoms with E-state index in [1.165, 1.54) is 57.8 Å². The molecule has 0 bridgehead atoms. The van der Waals surface area contributed by atoms with Gasteiger partial charge in [0.05, 0.1) is 0 Å². The summed E-state index contributed by atoms with van der Waals surface area (Å²) in [6, 6.07) is 0.445. The van der Waals surface area contributed by atoms with E-state index in [4.69, 9.17) is 5.11 Å². The Bertz CT molecular complexity index is 137. The van der Waals surface area contributed by atoms with Gasteiger partial charge in [-0.2, -0.15) is 0 Å². The van der Waals surface area contributed by atoms with Crippen molar-refractivity contribution in [3.63, 3.8) is 0 Å². The molecular weight excluding hydrogens is 198 g/mol. The molecule has 98 valence electrons. The number of nitrogens with one attached hydrogen (secondary N) is 1. The smallest absolute Gasteiger partial charge is 0.102 e. The Labute approximate surface area is 102 Å². The lowest BCUT2D eigenvalue weighted by molar-refractivity contribution is 0.141. The molecule has 2 heteroatoms. The summed E-state index contributed by atoms with van der Waals surface area (Å²) in [5, 5.41) is 12.3. The van der Waals surface area contributed by atoms with E-state index in [0.717, 1.165) is 0 Å². The standard InChI is InChI=1S/C14H31NO/c1-4-5-6-7-8-9-10-11-12-13(2)15-14(3)16/h13-16H,4-12H2,1-3H3. The van der Waals surface area contributed by atoms with Gasteiger partial charge in [-0.05, 0) is 20.3 Å². The summed E-state index contributed by atoms with van der Waals surface area (Å²) in [6.07, 6.45) is 11.8. The SMILES string of the molecule is CCCCCCCCCCC(C)NC(C)O. The number of unbranched alkanes of at least 4 members (excludes halogenated alkanes) is 7. The summed E-state index contributed by atoms with van der Waals surface area (Å²) in [4.78, 5) is 0. The van der Waals surface area contributed by atoms with Crippen molar-refractivity contribution in [2.75, 3.05) is 0 Å². The highest BCUT2D eigenvalue weighted by atomic mass is 16.3. The number of rotatable bonds is 11. The maximum Gasteiger partial charge on any atom is 0.102 e. The zero-order valence-electron chi connectivity index (χ0n) is 11.5. The van der Waals surface area contributed by atoms with Gasteiger partial charge < -0.3 is 5.11 Å². The van der Waals surface area contributed by atoms with Gasteiger partial charge in [-0.15, -0.1) is 0 Å². The van der Waals surface area contributed by atoms with Gasteiger partial charge >= 0.3 is 0 Å². The zero-order valence-corrected chi connectivity index (χ0v) is 11.5. The topological polar surface area (TPSA) is 32.3 Å². The van der Waals surface area contributed by atoms with E-state index < -0.39 is 0 Å². The molecule has 2 nitrogen and oxygen atoms in total. The molecule has 2 unspecified atom stereocenters. The van der Waals surface area contributed by atoms with Gasteiger partial charge in [-0.25, -0.2) is 0 Å². The van der Waals surface area contributed by atoms with Crippen LogP contribution in [0.25, 0.3) is 0 Å². The molecule has 2 N–H and O–H groups in total. The predicted molar refractivity (Wildman–Crippen MR) is 71.5 cm³/mol. The van der Waals surface area contributed by atoms with Gasteiger partial charge in [-0.1, -0.05) is 58.3 Å². The van der Waals surface area contributed by atoms with Crippen LogP contribution >= 0.6 is 0 Å². The van der Waals surface area contributed by atoms with E-state index >= 15 is 0 Å². The first-order chi connectivity index (χ1) is 7.66. The summed E-state index contributed by atoms with van der Waals surface area (Å²) >= 11 is 0. The molecule has 0 aliphatic heterocycles. The van der Waals surface area contributed by atoms with Crippen LogP contribution in [0.5, 0.6) is 0 Å². The van der Waals surface area contributed by atoms with Crippen LogP contribution in [0.1, 0.15) is 78.6 Å². The number of hydrogen-bond donors (Lipinski definition) is 2. The van der Waals surface area contributed by atoms with Gasteiger partial charge in [-0.3, -0.25) is 5.32 Å². The summed E-state index contributed by atoms with van der Waals surface area (Å²) in [5.74, 6) is 0. The Balaban J connectivity index is 3.08. The van der Waals surface area contributed by atoms with E-state index in [0.29, 0.717) is 6.04 Å². The minimum absolute atomic E-state index is 0.371. The molecule has 0 aliphatic rings. The molecule has 0 fully saturated rings. The van der Waals surface area contributed by atoms with Crippen LogP contribution < -0.4 is 5.32 Å². The van der Waals surface area contributed by atoms with Crippen molar-refractivity contribution in [2.45, 2.75) is 90.8 Å². The predicted octanol–water partition coefficient (Wildman–Crippen LogP) is 3.83. The van der Waals surface area contributed by atoms with Crippen LogP contribution in [0, 0.1) is 0 Å². The van der Waals surface area contributed by atoms with E-state index in [2.05, 4.69) is 19.2 Å². The third kappa shape index (κ3) is 12.0. The summed E-state index contributed by atoms with van der Waals surface area (Å²) in [7, 11) is 0. The van der Waals surface area contributed by atoms with Crippen molar-refractivity contribution >= 4 is 0 Å². The minimum Gasteiger partial charge on any atom is -0.379 e. The molecule has 0 spiro atoms. The molecule has 0 rings (SSSR count). The van der Waals surface area contributed by atoms with Crippen molar-refractivity contribution in [3.8, 4) is 0 Å². The monoisotopic (exact) mass is 229 g/mol. The second kappa shape index (κ2) is 11.4. The third-order valence-electron chi connectivity index (χ3n) is 3.02. The normalized spacial score (nSPS) is 15.0. The van der Waals surface area contributed by atoms with Crippen molar-refractivity contribution in [3.05, 3.63) is 0 Å². The molecule has 0 aromatic carbocycles. The molecule has 0 amide bonds. The fourth-order valence-corrected chi connectivity index (χ4v) is 2.08. The highest BCUT2D eigenvalue weighted by molar-refractivity contribution is 4.60. The molecule has 0 aliphatic carbocycles. The Morgan fingerprint density at radius 1 is 0.875 bits per heavy atom. The molecular formula is C14H31NO. The summed E-state index contributed by atoms with van der Waals surface area (Å²) in [6.45, 7) is 6.19. The molecule has 0 saturated carbocycles. The second-order valence-electron chi connectivity index (χ2n) is 5.01. The first-order valence-corrected chi connectivity index (χ1v) is 7.11. The van der Waals surface area contributed by atoms with Crippen LogP contribution in [-0.4, -0.2) is 17.4 Å². The Kier molecular flexibility index (Phi) is 11.3. The summed E-state index contributed by atoms with van der Waals surface area (Å²) in [5.41, 5.74) is 0. The molecule has 0 aromatic rings. The van der Waals surface area contributed by atoms with Crippen molar-refractivity contribution < 1.29 is 5.11 Å². The maximum atomic E-state index is 9.13. The Morgan fingerprint density at radius 2 is 1.38 bits per heavy atom. The first kappa shape index (κ1) is 15.9. The van der Waals surface area contributed by atoms with Gasteiger partial charge in [0.15, 0.2) is 0 Å². The van der Waals surface area contributed by atoms with Gasteiger partial charge in [0.2, 0.25) is 0 Å². The van der Waals surface area contributed by atoms with Crippen LogP contribution in [0.15, 0.2) is 0 Å². The maximum absolute atomic E-state index is 9.13. The highest BCUT2D eigenvalue weighted by Crippen LogP contribution is 2.10. The molecule has 16 heavy (non-hydrogen) atoms. The van der Waals surface area contributed by atoms with E-state index in [-0.39, 0.29) is 6.23 Å². The largest absolute Gasteiger partial charge is 0.379 e. The summed E-state index contributed by atoms with van der Waals surface area (Å²) < 4.78 is 0. The Morgan fingerprint density at radius 3 is 1.88 bits per heavy atom. The molecule has 0 aromatic heterocycles. The molecule has 2 atom stereocenters. The number of aliphatic hydroxyl groups is 1. The lowest BCUT2D eigenvalue weighted by Crippen LogP contribution is -2.33. The lowest BCUT2D eigenvalue weighted by Gasteiger charge is -2.15. The van der Waals surface area contributed by atoms with Crippen LogP contribution in [0.2, 0.25) is 0 Å². The van der Waals surface area contributed by atoms with Crippen LogP contribution in [0.3, 0.4) is 0 Å². The molecule has 0 saturated heterocycles. The third-order valence-corrected chi connectivity index (χ3v) is 3.02. The number of aliphatic hydroxyl groups excluding tert-OH is 1. The van der Waals surface area contributed by atoms with Crippen molar-refractivity contribution in [1.29, 1.82) is 0 Å². The minimum atomic E-state index is -0.371. The van der Waals surface area contributed by atoms with E-state index in [1.807, 2.05) is 0 Å². The zero-order chi connectivity index (χ0) is 12.2.